The topological polar surface area (TPSA) is 47.6 Å². The Balaban J connectivity index is 1.87. The molecule has 1 aliphatic rings. The number of ether oxygens (including phenoxy) is 2. The van der Waals surface area contributed by atoms with E-state index in [-0.39, 0.29) is 5.78 Å². The van der Waals surface area contributed by atoms with E-state index < -0.39 is 0 Å². The highest BCUT2D eigenvalue weighted by molar-refractivity contribution is 6.40. The van der Waals surface area contributed by atoms with Gasteiger partial charge in [-0.2, -0.15) is 0 Å². The third-order valence-electron chi connectivity index (χ3n) is 4.66. The molecule has 0 unspecified atom stereocenters. The number of rotatable bonds is 5. The van der Waals surface area contributed by atoms with Crippen LogP contribution in [0.2, 0.25) is 0 Å². The fourth-order valence-corrected chi connectivity index (χ4v) is 3.33. The summed E-state index contributed by atoms with van der Waals surface area (Å²) in [4.78, 5) is 13.1. The van der Waals surface area contributed by atoms with Crippen molar-refractivity contribution in [3.05, 3.63) is 89.5 Å². The van der Waals surface area contributed by atoms with Gasteiger partial charge in [0.25, 0.3) is 0 Å². The molecule has 4 heteroatoms. The summed E-state index contributed by atoms with van der Waals surface area (Å²) in [5.74, 6) is 1.48. The minimum Gasteiger partial charge on any atom is -0.497 e. The van der Waals surface area contributed by atoms with Crippen LogP contribution in [0.4, 0.5) is 5.69 Å². The van der Waals surface area contributed by atoms with E-state index in [2.05, 4.69) is 5.32 Å². The molecule has 0 saturated heterocycles. The van der Waals surface area contributed by atoms with Gasteiger partial charge in [-0.15, -0.1) is 0 Å². The Morgan fingerprint density at radius 2 is 1.41 bits per heavy atom. The minimum atomic E-state index is 0.00756. The number of carbonyl (C=O) groups is 1. The molecule has 134 valence electrons. The summed E-state index contributed by atoms with van der Waals surface area (Å²) in [7, 11) is 3.26. The summed E-state index contributed by atoms with van der Waals surface area (Å²) in [5, 5.41) is 3.43. The molecule has 3 aromatic carbocycles. The van der Waals surface area contributed by atoms with E-state index >= 15 is 0 Å². The number of allylic oxidation sites excluding steroid dienone is 1. The predicted molar refractivity (Wildman–Crippen MR) is 107 cm³/mol. The van der Waals surface area contributed by atoms with Crippen LogP contribution in [0.3, 0.4) is 0 Å². The maximum absolute atomic E-state index is 13.1. The molecule has 27 heavy (non-hydrogen) atoms. The van der Waals surface area contributed by atoms with Crippen LogP contribution in [0.15, 0.2) is 72.8 Å². The molecular formula is C23H19NO3. The first-order valence-electron chi connectivity index (χ1n) is 8.65. The molecule has 0 fully saturated rings. The van der Waals surface area contributed by atoms with Crippen molar-refractivity contribution in [3.63, 3.8) is 0 Å². The van der Waals surface area contributed by atoms with Crippen molar-refractivity contribution >= 4 is 22.7 Å². The van der Waals surface area contributed by atoms with E-state index in [1.807, 2.05) is 72.8 Å². The number of fused-ring (bicyclic) bond motifs is 1. The zero-order chi connectivity index (χ0) is 18.8. The SMILES string of the molecule is COc1ccc(C2=C(Nc3ccccc3OC)c3ccccc3C2=O)cc1. The molecule has 0 bridgehead atoms. The molecule has 3 aromatic rings. The second kappa shape index (κ2) is 7.00. The van der Waals surface area contributed by atoms with Gasteiger partial charge in [-0.05, 0) is 29.8 Å². The molecule has 4 rings (SSSR count). The molecule has 1 aliphatic carbocycles. The maximum atomic E-state index is 13.1. The Kier molecular flexibility index (Phi) is 4.38. The Morgan fingerprint density at radius 1 is 0.741 bits per heavy atom. The van der Waals surface area contributed by atoms with Gasteiger partial charge in [-0.1, -0.05) is 48.5 Å². The number of benzene rings is 3. The lowest BCUT2D eigenvalue weighted by molar-refractivity contribution is 0.105. The zero-order valence-corrected chi connectivity index (χ0v) is 15.2. The first kappa shape index (κ1) is 16.9. The third kappa shape index (κ3) is 2.95. The number of hydrogen-bond donors (Lipinski definition) is 1. The van der Waals surface area contributed by atoms with Gasteiger partial charge >= 0.3 is 0 Å². The van der Waals surface area contributed by atoms with E-state index in [0.717, 1.165) is 34.0 Å². The lowest BCUT2D eigenvalue weighted by atomic mass is 10.0. The molecule has 0 aromatic heterocycles. The van der Waals surface area contributed by atoms with E-state index in [9.17, 15) is 4.79 Å². The Hall–Kier alpha value is -3.53. The summed E-state index contributed by atoms with van der Waals surface area (Å²) < 4.78 is 10.7. The first-order chi connectivity index (χ1) is 13.2. The van der Waals surface area contributed by atoms with Crippen molar-refractivity contribution in [2.75, 3.05) is 19.5 Å². The van der Waals surface area contributed by atoms with Gasteiger partial charge in [0.15, 0.2) is 5.78 Å². The lowest BCUT2D eigenvalue weighted by Crippen LogP contribution is -2.02. The molecule has 0 radical (unpaired) electrons. The highest BCUT2D eigenvalue weighted by atomic mass is 16.5. The number of carbonyl (C=O) groups excluding carboxylic acids is 1. The number of methoxy groups -OCH3 is 2. The van der Waals surface area contributed by atoms with Gasteiger partial charge in [0, 0.05) is 11.1 Å². The fourth-order valence-electron chi connectivity index (χ4n) is 3.33. The van der Waals surface area contributed by atoms with Crippen molar-refractivity contribution in [1.29, 1.82) is 0 Å². The van der Waals surface area contributed by atoms with Crippen LogP contribution in [-0.2, 0) is 0 Å². The first-order valence-corrected chi connectivity index (χ1v) is 8.65. The Bertz CT molecular complexity index is 1040. The van der Waals surface area contributed by atoms with Gasteiger partial charge in [-0.25, -0.2) is 0 Å². The van der Waals surface area contributed by atoms with Crippen molar-refractivity contribution in [1.82, 2.24) is 0 Å². The van der Waals surface area contributed by atoms with Crippen LogP contribution in [0.25, 0.3) is 11.3 Å². The number of nitrogens with one attached hydrogen (secondary N) is 1. The number of ketones is 1. The minimum absolute atomic E-state index is 0.00756. The zero-order valence-electron chi connectivity index (χ0n) is 15.2. The van der Waals surface area contributed by atoms with Gasteiger partial charge in [-0.3, -0.25) is 4.79 Å². The highest BCUT2D eigenvalue weighted by Gasteiger charge is 2.30. The number of anilines is 1. The van der Waals surface area contributed by atoms with Gasteiger partial charge in [0.1, 0.15) is 11.5 Å². The average molecular weight is 357 g/mol. The van der Waals surface area contributed by atoms with Gasteiger partial charge < -0.3 is 14.8 Å². The molecule has 1 N–H and O–H groups in total. The van der Waals surface area contributed by atoms with Crippen LogP contribution in [0.5, 0.6) is 11.5 Å². The molecule has 0 aliphatic heterocycles. The lowest BCUT2D eigenvalue weighted by Gasteiger charge is -2.14. The number of Topliss-reactive ketones (excluding diaryl/α,β-unsaturated/α-hetero) is 1. The van der Waals surface area contributed by atoms with Crippen LogP contribution in [-0.4, -0.2) is 20.0 Å². The quantitative estimate of drug-likeness (QED) is 0.707. The Labute approximate surface area is 158 Å². The summed E-state index contributed by atoms with van der Waals surface area (Å²) in [6.07, 6.45) is 0. The predicted octanol–water partition coefficient (Wildman–Crippen LogP) is 4.88. The molecule has 0 spiro atoms. The van der Waals surface area contributed by atoms with Crippen molar-refractivity contribution in [2.24, 2.45) is 0 Å². The van der Waals surface area contributed by atoms with E-state index in [4.69, 9.17) is 9.47 Å². The molecule has 0 atom stereocenters. The van der Waals surface area contributed by atoms with Crippen molar-refractivity contribution < 1.29 is 14.3 Å². The fraction of sp³-hybridized carbons (Fsp3) is 0.0870. The van der Waals surface area contributed by atoms with Crippen LogP contribution in [0.1, 0.15) is 21.5 Å². The molecule has 4 nitrogen and oxygen atoms in total. The van der Waals surface area contributed by atoms with Crippen LogP contribution in [0, 0.1) is 0 Å². The standard InChI is InChI=1S/C23H19NO3/c1-26-16-13-11-15(12-14-16)21-22(17-7-3-4-8-18(17)23(21)25)24-19-9-5-6-10-20(19)27-2/h3-14,24H,1-2H3. The van der Waals surface area contributed by atoms with E-state index in [1.54, 1.807) is 14.2 Å². The normalized spacial score (nSPS) is 12.7. The van der Waals surface area contributed by atoms with Crippen LogP contribution >= 0.6 is 0 Å². The summed E-state index contributed by atoms with van der Waals surface area (Å²) in [5.41, 5.74) is 4.66. The summed E-state index contributed by atoms with van der Waals surface area (Å²) in [6, 6.07) is 22.8. The summed E-state index contributed by atoms with van der Waals surface area (Å²) >= 11 is 0. The van der Waals surface area contributed by atoms with Crippen molar-refractivity contribution in [2.45, 2.75) is 0 Å². The van der Waals surface area contributed by atoms with Gasteiger partial charge in [0.2, 0.25) is 0 Å². The molecule has 0 saturated carbocycles. The molecule has 0 heterocycles. The number of para-hydroxylation sites is 2. The molecular weight excluding hydrogens is 338 g/mol. The summed E-state index contributed by atoms with van der Waals surface area (Å²) in [6.45, 7) is 0. The third-order valence-corrected chi connectivity index (χ3v) is 4.66. The second-order valence-electron chi connectivity index (χ2n) is 6.18. The Morgan fingerprint density at radius 3 is 2.11 bits per heavy atom. The van der Waals surface area contributed by atoms with Crippen LogP contribution < -0.4 is 14.8 Å². The molecule has 0 amide bonds. The monoisotopic (exact) mass is 357 g/mol. The van der Waals surface area contributed by atoms with Crippen molar-refractivity contribution in [3.8, 4) is 11.5 Å². The average Bonchev–Trinajstić information content (AvgIpc) is 3.00. The maximum Gasteiger partial charge on any atom is 0.196 e. The van der Waals surface area contributed by atoms with E-state index in [1.165, 1.54) is 0 Å². The smallest absolute Gasteiger partial charge is 0.196 e. The number of hydrogen-bond acceptors (Lipinski definition) is 4. The second-order valence-corrected chi connectivity index (χ2v) is 6.18. The highest BCUT2D eigenvalue weighted by Crippen LogP contribution is 2.40. The largest absolute Gasteiger partial charge is 0.497 e. The van der Waals surface area contributed by atoms with Gasteiger partial charge in [0.05, 0.1) is 31.2 Å². The van der Waals surface area contributed by atoms with E-state index in [0.29, 0.717) is 11.1 Å².